The maximum Gasteiger partial charge on any atom is 0.0406 e. The highest BCUT2D eigenvalue weighted by Crippen LogP contribution is 2.32. The van der Waals surface area contributed by atoms with E-state index in [2.05, 4.69) is 47.4 Å². The fraction of sp³-hybridized carbons (Fsp3) is 0.294. The monoisotopic (exact) mass is 271 g/mol. The zero-order valence-corrected chi connectivity index (χ0v) is 11.7. The third kappa shape index (κ3) is 2.99. The second-order valence-corrected chi connectivity index (χ2v) is 5.60. The molecule has 19 heavy (non-hydrogen) atoms. The zero-order valence-electron chi connectivity index (χ0n) is 10.9. The van der Waals surface area contributed by atoms with E-state index in [-0.39, 0.29) is 0 Å². The van der Waals surface area contributed by atoms with Crippen molar-refractivity contribution >= 4 is 11.6 Å². The van der Waals surface area contributed by atoms with Gasteiger partial charge in [-0.2, -0.15) is 0 Å². The second-order valence-electron chi connectivity index (χ2n) is 5.17. The lowest BCUT2D eigenvalue weighted by atomic mass is 10.0. The summed E-state index contributed by atoms with van der Waals surface area (Å²) in [5.74, 6) is 0. The Bertz CT molecular complexity index is 521. The predicted molar refractivity (Wildman–Crippen MR) is 80.3 cm³/mol. The van der Waals surface area contributed by atoms with Crippen LogP contribution in [0.3, 0.4) is 0 Å². The Balaban J connectivity index is 1.75. The fourth-order valence-corrected chi connectivity index (χ4v) is 3.02. The molecular weight excluding hydrogens is 254 g/mol. The molecule has 0 saturated carbocycles. The number of nitrogens with zero attached hydrogens (tertiary/aromatic N) is 1. The van der Waals surface area contributed by atoms with Crippen molar-refractivity contribution < 1.29 is 0 Å². The lowest BCUT2D eigenvalue weighted by Crippen LogP contribution is -2.22. The molecule has 1 heterocycles. The highest BCUT2D eigenvalue weighted by atomic mass is 35.5. The van der Waals surface area contributed by atoms with Gasteiger partial charge in [-0.05, 0) is 42.6 Å². The van der Waals surface area contributed by atoms with Crippen LogP contribution in [-0.4, -0.2) is 11.4 Å². The molecule has 0 bridgehead atoms. The van der Waals surface area contributed by atoms with E-state index in [1.807, 2.05) is 12.1 Å². The number of benzene rings is 2. The number of hydrogen-bond acceptors (Lipinski definition) is 1. The summed E-state index contributed by atoms with van der Waals surface area (Å²) >= 11 is 5.94. The van der Waals surface area contributed by atoms with E-state index < -0.39 is 0 Å². The highest BCUT2D eigenvalue weighted by molar-refractivity contribution is 6.30. The Hall–Kier alpha value is -1.31. The summed E-state index contributed by atoms with van der Waals surface area (Å²) in [7, 11) is 0. The standard InChI is InChI=1S/C17H18ClN/c18-16-10-8-14(9-11-16)13-19-12-4-7-17(19)15-5-2-1-3-6-15/h1-3,5-6,8-11,17H,4,7,12-13H2. The van der Waals surface area contributed by atoms with Gasteiger partial charge < -0.3 is 0 Å². The Morgan fingerprint density at radius 3 is 2.47 bits per heavy atom. The molecule has 0 amide bonds. The average molecular weight is 272 g/mol. The van der Waals surface area contributed by atoms with E-state index in [1.165, 1.54) is 30.5 Å². The molecule has 2 aromatic rings. The van der Waals surface area contributed by atoms with Gasteiger partial charge in [0.2, 0.25) is 0 Å². The van der Waals surface area contributed by atoms with Crippen molar-refractivity contribution in [3.05, 3.63) is 70.7 Å². The Morgan fingerprint density at radius 1 is 1.00 bits per heavy atom. The first-order valence-corrected chi connectivity index (χ1v) is 7.24. The SMILES string of the molecule is Clc1ccc(CN2CCCC2c2ccccc2)cc1. The molecule has 0 aliphatic carbocycles. The minimum atomic E-state index is 0.567. The Morgan fingerprint density at radius 2 is 1.74 bits per heavy atom. The summed E-state index contributed by atoms with van der Waals surface area (Å²) in [4.78, 5) is 2.57. The van der Waals surface area contributed by atoms with Crippen LogP contribution in [-0.2, 0) is 6.54 Å². The molecule has 2 heteroatoms. The van der Waals surface area contributed by atoms with Gasteiger partial charge in [-0.25, -0.2) is 0 Å². The molecule has 1 fully saturated rings. The second kappa shape index (κ2) is 5.77. The number of likely N-dealkylation sites (tertiary alicyclic amines) is 1. The van der Waals surface area contributed by atoms with Gasteiger partial charge in [0.05, 0.1) is 0 Å². The lowest BCUT2D eigenvalue weighted by Gasteiger charge is -2.25. The van der Waals surface area contributed by atoms with Gasteiger partial charge in [0, 0.05) is 17.6 Å². The first-order chi connectivity index (χ1) is 9.33. The van der Waals surface area contributed by atoms with Crippen LogP contribution in [0.15, 0.2) is 54.6 Å². The maximum absolute atomic E-state index is 5.94. The Kier molecular flexibility index (Phi) is 3.86. The normalized spacial score (nSPS) is 19.7. The van der Waals surface area contributed by atoms with Gasteiger partial charge in [-0.3, -0.25) is 4.90 Å². The molecular formula is C17H18ClN. The number of hydrogen-bond donors (Lipinski definition) is 0. The number of rotatable bonds is 3. The van der Waals surface area contributed by atoms with Crippen LogP contribution in [0.1, 0.15) is 30.0 Å². The highest BCUT2D eigenvalue weighted by Gasteiger charge is 2.25. The quantitative estimate of drug-likeness (QED) is 0.784. The van der Waals surface area contributed by atoms with Gasteiger partial charge in [-0.15, -0.1) is 0 Å². The van der Waals surface area contributed by atoms with Crippen LogP contribution in [0.5, 0.6) is 0 Å². The smallest absolute Gasteiger partial charge is 0.0406 e. The molecule has 0 N–H and O–H groups in total. The molecule has 1 nitrogen and oxygen atoms in total. The molecule has 1 unspecified atom stereocenters. The largest absolute Gasteiger partial charge is 0.292 e. The van der Waals surface area contributed by atoms with Gasteiger partial charge in [0.15, 0.2) is 0 Å². The Labute approximate surface area is 119 Å². The molecule has 1 aliphatic rings. The van der Waals surface area contributed by atoms with Crippen LogP contribution in [0.25, 0.3) is 0 Å². The molecule has 1 atom stereocenters. The first-order valence-electron chi connectivity index (χ1n) is 6.86. The lowest BCUT2D eigenvalue weighted by molar-refractivity contribution is 0.248. The van der Waals surface area contributed by atoms with Crippen molar-refractivity contribution in [2.45, 2.75) is 25.4 Å². The topological polar surface area (TPSA) is 3.24 Å². The van der Waals surface area contributed by atoms with Crippen LogP contribution in [0.2, 0.25) is 5.02 Å². The van der Waals surface area contributed by atoms with Crippen LogP contribution < -0.4 is 0 Å². The van der Waals surface area contributed by atoms with Crippen molar-refractivity contribution in [1.82, 2.24) is 4.90 Å². The summed E-state index contributed by atoms with van der Waals surface area (Å²) < 4.78 is 0. The minimum absolute atomic E-state index is 0.567. The molecule has 0 aromatic heterocycles. The van der Waals surface area contributed by atoms with E-state index in [1.54, 1.807) is 0 Å². The van der Waals surface area contributed by atoms with Crippen LogP contribution in [0, 0.1) is 0 Å². The molecule has 1 aliphatic heterocycles. The predicted octanol–water partition coefficient (Wildman–Crippen LogP) is 4.68. The summed E-state index contributed by atoms with van der Waals surface area (Å²) in [5, 5.41) is 0.810. The zero-order chi connectivity index (χ0) is 13.1. The number of halogens is 1. The third-order valence-corrected chi connectivity index (χ3v) is 4.10. The van der Waals surface area contributed by atoms with Crippen molar-refractivity contribution in [3.8, 4) is 0 Å². The average Bonchev–Trinajstić information content (AvgIpc) is 2.90. The van der Waals surface area contributed by atoms with E-state index in [0.29, 0.717) is 6.04 Å². The summed E-state index contributed by atoms with van der Waals surface area (Å²) in [6, 6.07) is 19.6. The molecule has 1 saturated heterocycles. The van der Waals surface area contributed by atoms with E-state index >= 15 is 0 Å². The van der Waals surface area contributed by atoms with Gasteiger partial charge in [0.25, 0.3) is 0 Å². The van der Waals surface area contributed by atoms with E-state index in [4.69, 9.17) is 11.6 Å². The molecule has 0 spiro atoms. The minimum Gasteiger partial charge on any atom is -0.292 e. The van der Waals surface area contributed by atoms with Crippen molar-refractivity contribution in [1.29, 1.82) is 0 Å². The fourth-order valence-electron chi connectivity index (χ4n) is 2.89. The summed E-state index contributed by atoms with van der Waals surface area (Å²) in [6.45, 7) is 2.19. The molecule has 98 valence electrons. The van der Waals surface area contributed by atoms with Crippen molar-refractivity contribution in [3.63, 3.8) is 0 Å². The summed E-state index contributed by atoms with van der Waals surface area (Å²) in [6.07, 6.45) is 2.55. The maximum atomic E-state index is 5.94. The summed E-state index contributed by atoms with van der Waals surface area (Å²) in [5.41, 5.74) is 2.78. The van der Waals surface area contributed by atoms with Gasteiger partial charge >= 0.3 is 0 Å². The van der Waals surface area contributed by atoms with E-state index in [9.17, 15) is 0 Å². The van der Waals surface area contributed by atoms with Crippen LogP contribution in [0.4, 0.5) is 0 Å². The van der Waals surface area contributed by atoms with Gasteiger partial charge in [0.1, 0.15) is 0 Å². The van der Waals surface area contributed by atoms with Crippen molar-refractivity contribution in [2.75, 3.05) is 6.54 Å². The third-order valence-electron chi connectivity index (χ3n) is 3.85. The molecule has 0 radical (unpaired) electrons. The first kappa shape index (κ1) is 12.7. The van der Waals surface area contributed by atoms with Gasteiger partial charge in [-0.1, -0.05) is 54.1 Å². The van der Waals surface area contributed by atoms with Crippen LogP contribution >= 0.6 is 11.6 Å². The van der Waals surface area contributed by atoms with Crippen molar-refractivity contribution in [2.24, 2.45) is 0 Å². The van der Waals surface area contributed by atoms with E-state index in [0.717, 1.165) is 11.6 Å². The molecule has 2 aromatic carbocycles. The molecule has 3 rings (SSSR count).